The highest BCUT2D eigenvalue weighted by Gasteiger charge is 2.29. The van der Waals surface area contributed by atoms with Crippen molar-refractivity contribution in [3.05, 3.63) is 42.5 Å². The molecule has 1 radical (unpaired) electrons. The van der Waals surface area contributed by atoms with Gasteiger partial charge in [-0.2, -0.15) is 13.2 Å². The molecule has 2 aromatic carbocycles. The van der Waals surface area contributed by atoms with Crippen LogP contribution in [0.25, 0.3) is 10.8 Å². The smallest absolute Gasteiger partial charge is 0.160 e. The van der Waals surface area contributed by atoms with Crippen LogP contribution < -0.4 is 0 Å². The maximum Gasteiger partial charge on any atom is 0.446 e. The Morgan fingerprint density at radius 1 is 1.00 bits per heavy atom. The lowest BCUT2D eigenvalue weighted by Gasteiger charge is -2.05. The topological polar surface area (TPSA) is 0 Å². The summed E-state index contributed by atoms with van der Waals surface area (Å²) in [7, 11) is 0. The first-order valence-corrected chi connectivity index (χ1v) is 5.03. The summed E-state index contributed by atoms with van der Waals surface area (Å²) < 4.78 is 36.3. The number of hydrogen-bond acceptors (Lipinski definition) is 1. The van der Waals surface area contributed by atoms with Gasteiger partial charge in [-0.1, -0.05) is 30.3 Å². The Morgan fingerprint density at radius 2 is 1.73 bits per heavy atom. The van der Waals surface area contributed by atoms with Gasteiger partial charge in [-0.3, -0.25) is 0 Å². The van der Waals surface area contributed by atoms with Crippen LogP contribution in [-0.2, 0) is 0 Å². The van der Waals surface area contributed by atoms with Gasteiger partial charge in [0.2, 0.25) is 0 Å². The largest absolute Gasteiger partial charge is 0.446 e. The average molecular weight is 227 g/mol. The maximum atomic E-state index is 12.1. The van der Waals surface area contributed by atoms with Crippen LogP contribution in [0.3, 0.4) is 0 Å². The minimum Gasteiger partial charge on any atom is -0.160 e. The molecule has 0 saturated heterocycles. The Bertz CT molecular complexity index is 476. The summed E-state index contributed by atoms with van der Waals surface area (Å²) in [6.07, 6.45) is 0. The first-order chi connectivity index (χ1) is 7.04. The predicted octanol–water partition coefficient (Wildman–Crippen LogP) is 4.25. The zero-order valence-corrected chi connectivity index (χ0v) is 8.32. The third-order valence-electron chi connectivity index (χ3n) is 1.86. The van der Waals surface area contributed by atoms with E-state index in [1.807, 2.05) is 12.1 Å². The SMILES string of the molecule is FC(F)(F)Sc1[c]c2ccccc2cc1. The van der Waals surface area contributed by atoms with E-state index >= 15 is 0 Å². The van der Waals surface area contributed by atoms with Crippen LogP contribution in [-0.4, -0.2) is 5.51 Å². The molecule has 77 valence electrons. The minimum atomic E-state index is -4.25. The van der Waals surface area contributed by atoms with Gasteiger partial charge < -0.3 is 0 Å². The first-order valence-electron chi connectivity index (χ1n) is 4.21. The molecule has 0 unspecified atom stereocenters. The molecular weight excluding hydrogens is 221 g/mol. The summed E-state index contributed by atoms with van der Waals surface area (Å²) in [5.41, 5.74) is -4.25. The monoisotopic (exact) mass is 227 g/mol. The van der Waals surface area contributed by atoms with Gasteiger partial charge in [0.1, 0.15) is 0 Å². The quantitative estimate of drug-likeness (QED) is 0.656. The van der Waals surface area contributed by atoms with Crippen molar-refractivity contribution in [1.29, 1.82) is 0 Å². The van der Waals surface area contributed by atoms with Crippen molar-refractivity contribution in [3.8, 4) is 0 Å². The molecule has 0 bridgehead atoms. The molecule has 0 nitrogen and oxygen atoms in total. The summed E-state index contributed by atoms with van der Waals surface area (Å²) in [6.45, 7) is 0. The van der Waals surface area contributed by atoms with Crippen LogP contribution in [0, 0.1) is 6.07 Å². The first kappa shape index (κ1) is 10.4. The molecule has 0 aliphatic carbocycles. The van der Waals surface area contributed by atoms with Crippen molar-refractivity contribution in [3.63, 3.8) is 0 Å². The zero-order valence-electron chi connectivity index (χ0n) is 7.51. The van der Waals surface area contributed by atoms with Gasteiger partial charge in [0.15, 0.2) is 0 Å². The molecule has 0 heterocycles. The molecule has 0 aliphatic rings. The number of halogens is 3. The van der Waals surface area contributed by atoms with E-state index < -0.39 is 5.51 Å². The molecule has 0 fully saturated rings. The second-order valence-corrected chi connectivity index (χ2v) is 4.06. The van der Waals surface area contributed by atoms with Gasteiger partial charge in [0.05, 0.1) is 0 Å². The fourth-order valence-electron chi connectivity index (χ4n) is 1.28. The van der Waals surface area contributed by atoms with Crippen LogP contribution >= 0.6 is 11.8 Å². The molecule has 2 rings (SSSR count). The highest BCUT2D eigenvalue weighted by atomic mass is 32.2. The minimum absolute atomic E-state index is 0.0983. The second kappa shape index (κ2) is 3.77. The fraction of sp³-hybridized carbons (Fsp3) is 0.0909. The van der Waals surface area contributed by atoms with E-state index in [2.05, 4.69) is 6.07 Å². The van der Waals surface area contributed by atoms with Gasteiger partial charge >= 0.3 is 5.51 Å². The summed E-state index contributed by atoms with van der Waals surface area (Å²) in [6, 6.07) is 13.0. The van der Waals surface area contributed by atoms with Gasteiger partial charge in [0.25, 0.3) is 0 Å². The lowest BCUT2D eigenvalue weighted by atomic mass is 10.1. The molecule has 4 heteroatoms. The van der Waals surface area contributed by atoms with E-state index in [4.69, 9.17) is 0 Å². The van der Waals surface area contributed by atoms with E-state index in [0.717, 1.165) is 5.39 Å². The number of rotatable bonds is 1. The van der Waals surface area contributed by atoms with E-state index in [9.17, 15) is 13.2 Å². The summed E-state index contributed by atoms with van der Waals surface area (Å²) in [4.78, 5) is 0.0983. The summed E-state index contributed by atoms with van der Waals surface area (Å²) in [5.74, 6) is 0. The molecule has 0 atom stereocenters. The molecule has 15 heavy (non-hydrogen) atoms. The van der Waals surface area contributed by atoms with Gasteiger partial charge in [-0.15, -0.1) is 0 Å². The van der Waals surface area contributed by atoms with Gasteiger partial charge in [0, 0.05) is 11.0 Å². The van der Waals surface area contributed by atoms with Crippen molar-refractivity contribution in [1.82, 2.24) is 0 Å². The molecule has 0 aromatic heterocycles. The van der Waals surface area contributed by atoms with Crippen molar-refractivity contribution in [2.24, 2.45) is 0 Å². The van der Waals surface area contributed by atoms with E-state index in [-0.39, 0.29) is 16.7 Å². The number of thioether (sulfide) groups is 1. The van der Waals surface area contributed by atoms with Gasteiger partial charge in [-0.25, -0.2) is 0 Å². The normalized spacial score (nSPS) is 11.9. The molecular formula is C11H6F3S. The molecule has 0 amide bonds. The van der Waals surface area contributed by atoms with Crippen LogP contribution in [0.4, 0.5) is 13.2 Å². The summed E-state index contributed by atoms with van der Waals surface area (Å²) >= 11 is -0.140. The molecule has 0 spiro atoms. The number of fused-ring (bicyclic) bond motifs is 1. The Labute approximate surface area is 89.1 Å². The third kappa shape index (κ3) is 2.65. The number of hydrogen-bond donors (Lipinski definition) is 0. The molecule has 2 aromatic rings. The predicted molar refractivity (Wildman–Crippen MR) is 54.7 cm³/mol. The Morgan fingerprint density at radius 3 is 2.47 bits per heavy atom. The zero-order chi connectivity index (χ0) is 10.9. The highest BCUT2D eigenvalue weighted by Crippen LogP contribution is 2.37. The Balaban J connectivity index is 2.39. The third-order valence-corrected chi connectivity index (χ3v) is 2.55. The Hall–Kier alpha value is -1.16. The standard InChI is InChI=1S/C11H6F3S/c12-11(13,14)15-10-6-5-8-3-1-2-4-9(8)7-10/h1-6H. The average Bonchev–Trinajstić information content (AvgIpc) is 2.15. The highest BCUT2D eigenvalue weighted by molar-refractivity contribution is 8.00. The van der Waals surface area contributed by atoms with Crippen molar-refractivity contribution < 1.29 is 13.2 Å². The van der Waals surface area contributed by atoms with Crippen LogP contribution in [0.5, 0.6) is 0 Å². The molecule has 0 N–H and O–H groups in total. The van der Waals surface area contributed by atoms with Crippen LogP contribution in [0.2, 0.25) is 0 Å². The second-order valence-electron chi connectivity index (χ2n) is 2.96. The Kier molecular flexibility index (Phi) is 2.61. The molecule has 0 aliphatic heterocycles. The fourth-order valence-corrected chi connectivity index (χ4v) is 1.83. The van der Waals surface area contributed by atoms with E-state index in [0.29, 0.717) is 5.39 Å². The van der Waals surface area contributed by atoms with Gasteiger partial charge in [-0.05, 0) is 28.6 Å². The van der Waals surface area contributed by atoms with Crippen LogP contribution in [0.15, 0.2) is 41.3 Å². The maximum absolute atomic E-state index is 12.1. The van der Waals surface area contributed by atoms with Crippen molar-refractivity contribution in [2.75, 3.05) is 0 Å². The number of alkyl halides is 3. The van der Waals surface area contributed by atoms with E-state index in [1.165, 1.54) is 6.07 Å². The lowest BCUT2D eigenvalue weighted by molar-refractivity contribution is -0.0328. The van der Waals surface area contributed by atoms with E-state index in [1.54, 1.807) is 18.2 Å². The van der Waals surface area contributed by atoms with Crippen molar-refractivity contribution >= 4 is 22.5 Å². The van der Waals surface area contributed by atoms with Crippen LogP contribution in [0.1, 0.15) is 0 Å². The molecule has 0 saturated carbocycles. The number of benzene rings is 2. The summed E-state index contributed by atoms with van der Waals surface area (Å²) in [5, 5.41) is 1.59. The van der Waals surface area contributed by atoms with Crippen molar-refractivity contribution in [2.45, 2.75) is 10.4 Å². The lowest BCUT2D eigenvalue weighted by Crippen LogP contribution is -1.98.